The highest BCUT2D eigenvalue weighted by molar-refractivity contribution is 5.95. The Morgan fingerprint density at radius 3 is 2.60 bits per heavy atom. The number of nitrogens with two attached hydrogens (primary N) is 3. The molecule has 170 valence electrons. The number of hydrogen-bond acceptors (Lipinski definition) is 6. The summed E-state index contributed by atoms with van der Waals surface area (Å²) in [5, 5.41) is 0. The number of hydrogen-bond donors (Lipinski definition) is 3. The maximum atomic E-state index is 12.9. The highest BCUT2D eigenvalue weighted by Crippen LogP contribution is 2.33. The Kier molecular flexibility index (Phi) is 10.5. The molecule has 0 aromatic rings. The summed E-state index contributed by atoms with van der Waals surface area (Å²) in [6, 6.07) is -0.181. The van der Waals surface area contributed by atoms with Gasteiger partial charge in [0.2, 0.25) is 0 Å². The number of fused-ring (bicyclic) bond motifs is 1. The quantitative estimate of drug-likeness (QED) is 0.171. The Morgan fingerprint density at radius 1 is 1.13 bits per heavy atom. The first-order chi connectivity index (χ1) is 14.5. The van der Waals surface area contributed by atoms with E-state index in [0.29, 0.717) is 19.1 Å². The number of ether oxygens (including phenoxy) is 1. The molecule has 0 amide bonds. The van der Waals surface area contributed by atoms with Crippen molar-refractivity contribution in [2.24, 2.45) is 27.2 Å². The van der Waals surface area contributed by atoms with Crippen LogP contribution in [-0.2, 0) is 9.53 Å². The second-order valence-electron chi connectivity index (χ2n) is 8.18. The van der Waals surface area contributed by atoms with Crippen LogP contribution < -0.4 is 17.2 Å². The molecule has 0 bridgehead atoms. The predicted molar refractivity (Wildman–Crippen MR) is 122 cm³/mol. The minimum absolute atomic E-state index is 0.0890. The fourth-order valence-electron chi connectivity index (χ4n) is 4.12. The molecule has 1 fully saturated rings. The number of allylic oxidation sites excluding steroid dienone is 1. The summed E-state index contributed by atoms with van der Waals surface area (Å²) >= 11 is 0. The van der Waals surface area contributed by atoms with Crippen LogP contribution in [0.25, 0.3) is 0 Å². The van der Waals surface area contributed by atoms with Crippen LogP contribution in [0.1, 0.15) is 84.0 Å². The average Bonchev–Trinajstić information content (AvgIpc) is 3.20. The first-order valence-electron chi connectivity index (χ1n) is 11.6. The molecule has 0 spiro atoms. The Morgan fingerprint density at radius 2 is 1.87 bits per heavy atom. The van der Waals surface area contributed by atoms with Crippen molar-refractivity contribution in [2.45, 2.75) is 90.0 Å². The highest BCUT2D eigenvalue weighted by atomic mass is 16.5. The summed E-state index contributed by atoms with van der Waals surface area (Å²) in [7, 11) is 0. The molecule has 30 heavy (non-hydrogen) atoms. The van der Waals surface area contributed by atoms with E-state index in [1.807, 2.05) is 4.90 Å². The van der Waals surface area contributed by atoms with E-state index in [1.54, 1.807) is 0 Å². The number of esters is 1. The third-order valence-electron chi connectivity index (χ3n) is 5.71. The molecular formula is C22H40N6O2. The van der Waals surface area contributed by atoms with Crippen molar-refractivity contribution in [3.05, 3.63) is 11.3 Å². The highest BCUT2D eigenvalue weighted by Gasteiger charge is 2.35. The van der Waals surface area contributed by atoms with Gasteiger partial charge in [0.1, 0.15) is 0 Å². The topological polar surface area (TPSA) is 132 Å². The maximum absolute atomic E-state index is 12.9. The van der Waals surface area contributed by atoms with Crippen molar-refractivity contribution < 1.29 is 9.53 Å². The van der Waals surface area contributed by atoms with Crippen molar-refractivity contribution in [2.75, 3.05) is 19.7 Å². The van der Waals surface area contributed by atoms with Crippen LogP contribution in [-0.4, -0.2) is 48.5 Å². The van der Waals surface area contributed by atoms with Crippen LogP contribution >= 0.6 is 0 Å². The van der Waals surface area contributed by atoms with Gasteiger partial charge in [-0.15, -0.1) is 0 Å². The van der Waals surface area contributed by atoms with E-state index in [9.17, 15) is 4.79 Å². The van der Waals surface area contributed by atoms with Crippen molar-refractivity contribution in [3.8, 4) is 0 Å². The normalized spacial score (nSPS) is 18.2. The molecule has 1 atom stereocenters. The van der Waals surface area contributed by atoms with Crippen molar-refractivity contribution in [1.82, 2.24) is 4.90 Å². The van der Waals surface area contributed by atoms with Crippen molar-refractivity contribution >= 4 is 17.9 Å². The molecule has 0 aromatic heterocycles. The lowest BCUT2D eigenvalue weighted by molar-refractivity contribution is -0.139. The molecule has 0 aromatic carbocycles. The molecule has 0 unspecified atom stereocenters. The molecule has 0 radical (unpaired) electrons. The Labute approximate surface area is 181 Å². The first-order valence-corrected chi connectivity index (χ1v) is 11.6. The molecule has 8 nitrogen and oxygen atoms in total. The van der Waals surface area contributed by atoms with Gasteiger partial charge in [-0.2, -0.15) is 0 Å². The van der Waals surface area contributed by atoms with Gasteiger partial charge in [-0.3, -0.25) is 4.99 Å². The monoisotopic (exact) mass is 420 g/mol. The Hall–Kier alpha value is -2.25. The number of aliphatic imine (C=N–C) groups is 2. The fourth-order valence-corrected chi connectivity index (χ4v) is 4.12. The van der Waals surface area contributed by atoms with Gasteiger partial charge in [-0.05, 0) is 32.1 Å². The minimum atomic E-state index is -0.247. The van der Waals surface area contributed by atoms with Crippen LogP contribution in [0.15, 0.2) is 21.3 Å². The van der Waals surface area contributed by atoms with Gasteiger partial charge in [0, 0.05) is 18.8 Å². The van der Waals surface area contributed by atoms with Crippen LogP contribution in [0.2, 0.25) is 0 Å². The molecule has 2 aliphatic heterocycles. The first kappa shape index (κ1) is 24.0. The number of carbonyl (C=O) groups is 1. The van der Waals surface area contributed by atoms with Crippen molar-refractivity contribution in [1.29, 1.82) is 0 Å². The van der Waals surface area contributed by atoms with E-state index in [2.05, 4.69) is 16.9 Å². The van der Waals surface area contributed by atoms with E-state index in [-0.39, 0.29) is 18.0 Å². The third kappa shape index (κ3) is 7.54. The lowest BCUT2D eigenvalue weighted by atomic mass is 9.96. The summed E-state index contributed by atoms with van der Waals surface area (Å²) in [6.07, 6.45) is 12.8. The number of carbonyl (C=O) groups excluding carboxylic acids is 1. The number of guanidine groups is 2. The molecule has 2 heterocycles. The average molecular weight is 421 g/mol. The number of unbranched alkanes of at least 4 members (excludes halogenated alkanes) is 7. The van der Waals surface area contributed by atoms with E-state index in [1.165, 1.54) is 38.5 Å². The zero-order chi connectivity index (χ0) is 21.8. The minimum Gasteiger partial charge on any atom is -0.462 e. The van der Waals surface area contributed by atoms with Crippen LogP contribution in [0, 0.1) is 0 Å². The van der Waals surface area contributed by atoms with Gasteiger partial charge in [-0.1, -0.05) is 51.9 Å². The molecule has 2 rings (SSSR count). The largest absolute Gasteiger partial charge is 0.462 e. The summed E-state index contributed by atoms with van der Waals surface area (Å²) in [5.74, 6) is 0.387. The summed E-state index contributed by atoms with van der Waals surface area (Å²) in [4.78, 5) is 23.5. The predicted octanol–water partition coefficient (Wildman–Crippen LogP) is 2.77. The van der Waals surface area contributed by atoms with Gasteiger partial charge in [-0.25, -0.2) is 9.79 Å². The van der Waals surface area contributed by atoms with E-state index in [4.69, 9.17) is 21.9 Å². The lowest BCUT2D eigenvalue weighted by Crippen LogP contribution is -2.41. The standard InChI is InChI=1S/C22H40N6O2/c1-2-3-4-5-6-7-8-12-17-19(18-13-11-15-28(18)22(25)27-17)20(29)30-16-10-9-14-26-21(23)24/h17H,2-16H2,1H3,(H2,25,27)(H4,23,24,26)/t17-/m0/s1. The van der Waals surface area contributed by atoms with Gasteiger partial charge < -0.3 is 26.8 Å². The van der Waals surface area contributed by atoms with Gasteiger partial charge in [0.15, 0.2) is 11.9 Å². The lowest BCUT2D eigenvalue weighted by Gasteiger charge is -2.30. The second-order valence-corrected chi connectivity index (χ2v) is 8.18. The Balaban J connectivity index is 1.87. The molecule has 8 heteroatoms. The summed E-state index contributed by atoms with van der Waals surface area (Å²) in [6.45, 7) is 3.96. The van der Waals surface area contributed by atoms with Crippen molar-refractivity contribution in [3.63, 3.8) is 0 Å². The van der Waals surface area contributed by atoms with E-state index >= 15 is 0 Å². The smallest absolute Gasteiger partial charge is 0.337 e. The van der Waals surface area contributed by atoms with E-state index < -0.39 is 0 Å². The number of nitrogens with zero attached hydrogens (tertiary/aromatic N) is 3. The summed E-state index contributed by atoms with van der Waals surface area (Å²) < 4.78 is 5.59. The zero-order valence-corrected chi connectivity index (χ0v) is 18.6. The number of rotatable bonds is 14. The Bertz CT molecular complexity index is 640. The fraction of sp³-hybridized carbons (Fsp3) is 0.773. The van der Waals surface area contributed by atoms with Crippen LogP contribution in [0.3, 0.4) is 0 Å². The molecule has 0 aliphatic carbocycles. The van der Waals surface area contributed by atoms with Gasteiger partial charge in [0.25, 0.3) is 0 Å². The summed E-state index contributed by atoms with van der Waals surface area (Å²) in [5.41, 5.74) is 18.6. The van der Waals surface area contributed by atoms with Crippen LogP contribution in [0.5, 0.6) is 0 Å². The molecule has 1 saturated heterocycles. The van der Waals surface area contributed by atoms with Gasteiger partial charge in [0.05, 0.1) is 18.2 Å². The third-order valence-corrected chi connectivity index (χ3v) is 5.71. The van der Waals surface area contributed by atoms with Crippen LogP contribution in [0.4, 0.5) is 0 Å². The molecule has 2 aliphatic rings. The molecular weight excluding hydrogens is 380 g/mol. The maximum Gasteiger partial charge on any atom is 0.337 e. The van der Waals surface area contributed by atoms with Gasteiger partial charge >= 0.3 is 5.97 Å². The van der Waals surface area contributed by atoms with E-state index in [0.717, 1.165) is 56.3 Å². The second kappa shape index (κ2) is 13.1. The zero-order valence-electron chi connectivity index (χ0n) is 18.6. The SMILES string of the molecule is CCCCCCCCC[C@@H]1N=C(N)N2CCCC2=C1C(=O)OCCCCN=C(N)N. The molecule has 6 N–H and O–H groups in total. The molecule has 0 saturated carbocycles.